The number of nitrogens with one attached hydrogen (secondary N) is 1. The number of nitro groups is 1. The van der Waals surface area contributed by atoms with Crippen LogP contribution in [0.25, 0.3) is 0 Å². The molecule has 0 heterocycles. The number of anilines is 1. The number of amides is 1. The van der Waals surface area contributed by atoms with Crippen LogP contribution >= 0.6 is 11.6 Å². The highest BCUT2D eigenvalue weighted by atomic mass is 35.5. The van der Waals surface area contributed by atoms with E-state index in [0.717, 1.165) is 0 Å². The normalized spacial score (nSPS) is 11.3. The number of esters is 1. The molecule has 0 radical (unpaired) electrons. The molecule has 0 bridgehead atoms. The number of benzene rings is 3. The van der Waals surface area contributed by atoms with E-state index in [1.54, 1.807) is 67.6 Å². The first-order valence-electron chi connectivity index (χ1n) is 9.53. The number of hydrogen-bond donors (Lipinski definition) is 1. The van der Waals surface area contributed by atoms with Gasteiger partial charge in [-0.1, -0.05) is 60.1 Å². The summed E-state index contributed by atoms with van der Waals surface area (Å²) in [5.41, 5.74) is 0.789. The van der Waals surface area contributed by atoms with Gasteiger partial charge >= 0.3 is 5.97 Å². The van der Waals surface area contributed by atoms with Gasteiger partial charge in [-0.15, -0.1) is 0 Å². The molecule has 32 heavy (non-hydrogen) atoms. The van der Waals surface area contributed by atoms with Crippen molar-refractivity contribution in [2.24, 2.45) is 0 Å². The molecule has 3 rings (SSSR count). The Morgan fingerprint density at radius 2 is 1.75 bits per heavy atom. The first kappa shape index (κ1) is 22.8. The second-order valence-electron chi connectivity index (χ2n) is 6.77. The van der Waals surface area contributed by atoms with E-state index in [1.165, 1.54) is 12.1 Å². The van der Waals surface area contributed by atoms with Crippen LogP contribution in [-0.4, -0.2) is 23.4 Å². The van der Waals surface area contributed by atoms with Crippen molar-refractivity contribution < 1.29 is 24.0 Å². The van der Waals surface area contributed by atoms with Crippen molar-refractivity contribution in [1.29, 1.82) is 0 Å². The first-order valence-corrected chi connectivity index (χ1v) is 9.90. The smallest absolute Gasteiger partial charge is 0.345 e. The number of carbonyl (C=O) groups is 2. The largest absolute Gasteiger partial charge is 0.480 e. The van der Waals surface area contributed by atoms with Gasteiger partial charge in [-0.3, -0.25) is 14.9 Å². The van der Waals surface area contributed by atoms with Crippen LogP contribution in [0.15, 0.2) is 72.8 Å². The molecule has 3 aromatic rings. The molecule has 0 aliphatic heterocycles. The Bertz CT molecular complexity index is 1140. The van der Waals surface area contributed by atoms with Crippen molar-refractivity contribution >= 4 is 34.9 Å². The van der Waals surface area contributed by atoms with Gasteiger partial charge in [0, 0.05) is 11.6 Å². The predicted octanol–water partition coefficient (Wildman–Crippen LogP) is 4.86. The lowest BCUT2D eigenvalue weighted by molar-refractivity contribution is -0.384. The maximum absolute atomic E-state index is 13.0. The summed E-state index contributed by atoms with van der Waals surface area (Å²) in [5, 5.41) is 14.2. The lowest BCUT2D eigenvalue weighted by atomic mass is 10.1. The lowest BCUT2D eigenvalue weighted by Crippen LogP contribution is -2.28. The van der Waals surface area contributed by atoms with E-state index >= 15 is 0 Å². The Morgan fingerprint density at radius 1 is 1.06 bits per heavy atom. The SMILES string of the molecule is Cc1ccc(NC(=O)C(OC(=O)COc2ccccc2Cl)c2ccccc2)c([N+](=O)[O-])c1. The van der Waals surface area contributed by atoms with Crippen LogP contribution in [-0.2, 0) is 14.3 Å². The van der Waals surface area contributed by atoms with Gasteiger partial charge in [0.15, 0.2) is 6.61 Å². The van der Waals surface area contributed by atoms with Crippen LogP contribution < -0.4 is 10.1 Å². The van der Waals surface area contributed by atoms with E-state index in [-0.39, 0.29) is 11.4 Å². The molecule has 164 valence electrons. The number of nitrogens with zero attached hydrogens (tertiary/aromatic N) is 1. The first-order chi connectivity index (χ1) is 15.3. The van der Waals surface area contributed by atoms with Crippen molar-refractivity contribution in [2.75, 3.05) is 11.9 Å². The molecule has 0 aliphatic carbocycles. The number of aryl methyl sites for hydroxylation is 1. The summed E-state index contributed by atoms with van der Waals surface area (Å²) in [4.78, 5) is 36.1. The summed E-state index contributed by atoms with van der Waals surface area (Å²) in [7, 11) is 0. The number of para-hydroxylation sites is 1. The fraction of sp³-hybridized carbons (Fsp3) is 0.130. The maximum atomic E-state index is 13.0. The van der Waals surface area contributed by atoms with Gasteiger partial charge < -0.3 is 14.8 Å². The van der Waals surface area contributed by atoms with Crippen LogP contribution in [0.4, 0.5) is 11.4 Å². The molecule has 9 heteroatoms. The average Bonchev–Trinajstić information content (AvgIpc) is 2.78. The third-order valence-electron chi connectivity index (χ3n) is 4.38. The van der Waals surface area contributed by atoms with Crippen LogP contribution in [0.3, 0.4) is 0 Å². The number of nitro benzene ring substituents is 1. The van der Waals surface area contributed by atoms with Gasteiger partial charge in [0.05, 0.1) is 9.95 Å². The Kier molecular flexibility index (Phi) is 7.41. The van der Waals surface area contributed by atoms with Crippen molar-refractivity contribution in [1.82, 2.24) is 0 Å². The number of hydrogen-bond acceptors (Lipinski definition) is 6. The molecule has 0 aromatic heterocycles. The summed E-state index contributed by atoms with van der Waals surface area (Å²) in [5.74, 6) is -1.26. The Morgan fingerprint density at radius 3 is 2.44 bits per heavy atom. The van der Waals surface area contributed by atoms with Gasteiger partial charge in [0.2, 0.25) is 6.10 Å². The second kappa shape index (κ2) is 10.4. The minimum Gasteiger partial charge on any atom is -0.480 e. The second-order valence-corrected chi connectivity index (χ2v) is 7.17. The molecule has 0 spiro atoms. The third-order valence-corrected chi connectivity index (χ3v) is 4.69. The Hall–Kier alpha value is -3.91. The molecule has 0 saturated carbocycles. The number of ether oxygens (including phenoxy) is 2. The van der Waals surface area contributed by atoms with Crippen LogP contribution in [0.1, 0.15) is 17.2 Å². The zero-order valence-corrected chi connectivity index (χ0v) is 17.7. The molecule has 0 aliphatic rings. The van der Waals surface area contributed by atoms with Crippen LogP contribution in [0, 0.1) is 17.0 Å². The van der Waals surface area contributed by atoms with Gasteiger partial charge in [-0.2, -0.15) is 0 Å². The molecule has 3 aromatic carbocycles. The van der Waals surface area contributed by atoms with Crippen molar-refractivity contribution in [2.45, 2.75) is 13.0 Å². The van der Waals surface area contributed by atoms with E-state index in [9.17, 15) is 19.7 Å². The zero-order valence-electron chi connectivity index (χ0n) is 17.0. The van der Waals surface area contributed by atoms with E-state index in [0.29, 0.717) is 21.9 Å². The molecule has 0 saturated heterocycles. The van der Waals surface area contributed by atoms with E-state index in [4.69, 9.17) is 21.1 Å². The minimum absolute atomic E-state index is 0.00472. The summed E-state index contributed by atoms with van der Waals surface area (Å²) in [6.07, 6.45) is -1.35. The number of halogens is 1. The monoisotopic (exact) mass is 454 g/mol. The summed E-state index contributed by atoms with van der Waals surface area (Å²) >= 11 is 6.01. The Balaban J connectivity index is 1.78. The third kappa shape index (κ3) is 5.83. The molecule has 8 nitrogen and oxygen atoms in total. The quantitative estimate of drug-likeness (QED) is 0.296. The van der Waals surface area contributed by atoms with E-state index in [2.05, 4.69) is 5.32 Å². The highest BCUT2D eigenvalue weighted by molar-refractivity contribution is 6.32. The predicted molar refractivity (Wildman–Crippen MR) is 119 cm³/mol. The average molecular weight is 455 g/mol. The fourth-order valence-electron chi connectivity index (χ4n) is 2.86. The molecule has 1 amide bonds. The molecule has 1 atom stereocenters. The van der Waals surface area contributed by atoms with E-state index < -0.39 is 29.5 Å². The highest BCUT2D eigenvalue weighted by Crippen LogP contribution is 2.28. The van der Waals surface area contributed by atoms with E-state index in [1.807, 2.05) is 0 Å². The molecule has 0 fully saturated rings. The van der Waals surface area contributed by atoms with Crippen LogP contribution in [0.2, 0.25) is 5.02 Å². The van der Waals surface area contributed by atoms with Crippen molar-refractivity contribution in [3.63, 3.8) is 0 Å². The van der Waals surface area contributed by atoms with Crippen molar-refractivity contribution in [3.05, 3.63) is 99.1 Å². The highest BCUT2D eigenvalue weighted by Gasteiger charge is 2.27. The van der Waals surface area contributed by atoms with Crippen LogP contribution in [0.5, 0.6) is 5.75 Å². The van der Waals surface area contributed by atoms with Crippen molar-refractivity contribution in [3.8, 4) is 5.75 Å². The van der Waals surface area contributed by atoms with Gasteiger partial charge in [0.25, 0.3) is 11.6 Å². The number of carbonyl (C=O) groups excluding carboxylic acids is 2. The minimum atomic E-state index is -1.35. The Labute approximate surface area is 188 Å². The molecule has 1 N–H and O–H groups in total. The number of rotatable bonds is 8. The summed E-state index contributed by atoms with van der Waals surface area (Å²) in [6.45, 7) is 1.22. The topological polar surface area (TPSA) is 108 Å². The molecule has 1 unspecified atom stereocenters. The summed E-state index contributed by atoms with van der Waals surface area (Å²) in [6, 6.07) is 19.3. The standard InChI is InChI=1S/C23H19ClN2O6/c1-15-11-12-18(19(13-15)26(29)30)25-23(28)22(16-7-3-2-4-8-16)32-21(27)14-31-20-10-6-5-9-17(20)24/h2-13,22H,14H2,1H3,(H,25,28). The maximum Gasteiger partial charge on any atom is 0.345 e. The van der Waals surface area contributed by atoms with Gasteiger partial charge in [-0.05, 0) is 30.7 Å². The molecular weight excluding hydrogens is 436 g/mol. The van der Waals surface area contributed by atoms with Gasteiger partial charge in [0.1, 0.15) is 11.4 Å². The fourth-order valence-corrected chi connectivity index (χ4v) is 3.05. The zero-order chi connectivity index (χ0) is 23.1. The van der Waals surface area contributed by atoms with Gasteiger partial charge in [-0.25, -0.2) is 4.79 Å². The molecular formula is C23H19ClN2O6. The lowest BCUT2D eigenvalue weighted by Gasteiger charge is -2.18. The summed E-state index contributed by atoms with van der Waals surface area (Å²) < 4.78 is 10.7.